The van der Waals surface area contributed by atoms with Crippen molar-refractivity contribution in [2.45, 2.75) is 62.2 Å². The molecule has 0 amide bonds. The van der Waals surface area contributed by atoms with Gasteiger partial charge < -0.3 is 9.47 Å². The fourth-order valence-electron chi connectivity index (χ4n) is 9.76. The number of aromatic nitrogens is 1. The Morgan fingerprint density at radius 3 is 1.82 bits per heavy atom. The van der Waals surface area contributed by atoms with Crippen LogP contribution in [0.4, 0.5) is 17.1 Å². The molecule has 0 radical (unpaired) electrons. The Morgan fingerprint density at radius 2 is 1.15 bits per heavy atom. The molecule has 0 unspecified atom stereocenters. The summed E-state index contributed by atoms with van der Waals surface area (Å²) < 4.78 is 2.48. The van der Waals surface area contributed by atoms with Crippen LogP contribution in [0.25, 0.3) is 49.7 Å². The molecule has 8 aromatic carbocycles. The van der Waals surface area contributed by atoms with Gasteiger partial charge in [0.25, 0.3) is 0 Å². The van der Waals surface area contributed by atoms with Gasteiger partial charge in [0, 0.05) is 43.3 Å². The first-order valence-corrected chi connectivity index (χ1v) is 22.3. The largest absolute Gasteiger partial charge is 0.311 e. The van der Waals surface area contributed by atoms with Crippen molar-refractivity contribution >= 4 is 73.7 Å². The minimum absolute atomic E-state index is 0.0436. The van der Waals surface area contributed by atoms with E-state index >= 15 is 0 Å². The molecule has 2 nitrogen and oxygen atoms in total. The van der Waals surface area contributed by atoms with Gasteiger partial charge in [0.1, 0.15) is 0 Å². The van der Waals surface area contributed by atoms with Gasteiger partial charge >= 0.3 is 0 Å². The van der Waals surface area contributed by atoms with Gasteiger partial charge in [-0.15, -0.1) is 0 Å². The lowest BCUT2D eigenvalue weighted by atomic mass is 9.34. The van der Waals surface area contributed by atoms with Gasteiger partial charge in [-0.05, 0) is 117 Å². The Hall–Kier alpha value is -6.23. The van der Waals surface area contributed by atoms with Crippen molar-refractivity contribution in [1.82, 2.24) is 4.57 Å². The zero-order valence-electron chi connectivity index (χ0n) is 34.7. The number of unbranched alkanes of at least 4 members (excludes halogenated alkanes) is 1. The molecule has 0 spiro atoms. The number of para-hydroxylation sites is 2. The maximum Gasteiger partial charge on any atom is 0.249 e. The summed E-state index contributed by atoms with van der Waals surface area (Å²) in [5.74, 6) is 0. The maximum atomic E-state index is 2.66. The molecule has 0 bridgehead atoms. The highest BCUT2D eigenvalue weighted by Crippen LogP contribution is 2.47. The first-order chi connectivity index (χ1) is 29.4. The summed E-state index contributed by atoms with van der Waals surface area (Å²) in [5.41, 5.74) is 19.3. The molecule has 3 heterocycles. The number of benzene rings is 8. The molecule has 0 N–H and O–H groups in total. The Bertz CT molecular complexity index is 3050. The second-order valence-corrected chi connectivity index (χ2v) is 18.7. The quantitative estimate of drug-likeness (QED) is 0.149. The van der Waals surface area contributed by atoms with E-state index in [1.54, 1.807) is 0 Å². The highest BCUT2D eigenvalue weighted by Gasteiger charge is 2.42. The number of rotatable bonds is 7. The van der Waals surface area contributed by atoms with Crippen molar-refractivity contribution in [2.24, 2.45) is 0 Å². The number of nitrogens with zero attached hydrogens (tertiary/aromatic N) is 2. The van der Waals surface area contributed by atoms with Crippen LogP contribution in [0.15, 0.2) is 186 Å². The lowest BCUT2D eigenvalue weighted by Gasteiger charge is -2.42. The van der Waals surface area contributed by atoms with E-state index in [2.05, 4.69) is 213 Å². The molecular formula is C56H47BN2S. The van der Waals surface area contributed by atoms with Gasteiger partial charge in [0.15, 0.2) is 0 Å². The van der Waals surface area contributed by atoms with Crippen LogP contribution in [0.1, 0.15) is 51.7 Å². The van der Waals surface area contributed by atoms with Crippen LogP contribution in [0.3, 0.4) is 0 Å². The normalized spacial score (nSPS) is 13.1. The molecule has 0 aliphatic carbocycles. The Morgan fingerprint density at radius 1 is 0.517 bits per heavy atom. The minimum atomic E-state index is -0.0436. The number of aryl methyl sites for hydroxylation is 1. The predicted molar refractivity (Wildman–Crippen MR) is 259 cm³/mol. The fraction of sp³-hybridized carbons (Fsp3) is 0.143. The SMILES string of the molecule is CCCCc1cc(-c2ccccc2)ccc1N1c2cc(-n3c4ccccc4c4ccccc43)ccc2B2c3cc(-c4ccccc4)ccc3Sc3cc(C(C)(C)C)cc1c32. The molecule has 290 valence electrons. The van der Waals surface area contributed by atoms with Crippen LogP contribution >= 0.6 is 11.8 Å². The summed E-state index contributed by atoms with van der Waals surface area (Å²) in [4.78, 5) is 5.36. The van der Waals surface area contributed by atoms with Crippen LogP contribution in [0.2, 0.25) is 0 Å². The van der Waals surface area contributed by atoms with E-state index in [0.29, 0.717) is 0 Å². The minimum Gasteiger partial charge on any atom is -0.311 e. The van der Waals surface area contributed by atoms with Crippen LogP contribution in [-0.2, 0) is 11.8 Å². The number of hydrogen-bond donors (Lipinski definition) is 0. The van der Waals surface area contributed by atoms with Gasteiger partial charge in [0.2, 0.25) is 6.71 Å². The molecule has 9 aromatic rings. The van der Waals surface area contributed by atoms with E-state index in [0.717, 1.165) is 19.3 Å². The molecule has 0 saturated heterocycles. The molecule has 11 rings (SSSR count). The average Bonchev–Trinajstić information content (AvgIpc) is 3.62. The van der Waals surface area contributed by atoms with E-state index in [1.807, 2.05) is 11.8 Å². The third-order valence-corrected chi connectivity index (χ3v) is 13.9. The summed E-state index contributed by atoms with van der Waals surface area (Å²) in [5, 5.41) is 2.55. The summed E-state index contributed by atoms with van der Waals surface area (Å²) in [6.07, 6.45) is 3.27. The van der Waals surface area contributed by atoms with Gasteiger partial charge in [-0.25, -0.2) is 0 Å². The fourth-order valence-corrected chi connectivity index (χ4v) is 10.9. The van der Waals surface area contributed by atoms with Crippen molar-refractivity contribution in [3.8, 4) is 27.9 Å². The van der Waals surface area contributed by atoms with Crippen LogP contribution in [-0.4, -0.2) is 11.3 Å². The lowest BCUT2D eigenvalue weighted by molar-refractivity contribution is 0.589. The average molecular weight is 791 g/mol. The topological polar surface area (TPSA) is 8.17 Å². The predicted octanol–water partition coefficient (Wildman–Crippen LogP) is 13.5. The Labute approximate surface area is 358 Å². The van der Waals surface area contributed by atoms with Gasteiger partial charge in [-0.2, -0.15) is 0 Å². The molecule has 0 fully saturated rings. The molecule has 0 atom stereocenters. The first kappa shape index (κ1) is 36.8. The van der Waals surface area contributed by atoms with Crippen molar-refractivity contribution in [1.29, 1.82) is 0 Å². The maximum absolute atomic E-state index is 2.66. The number of anilines is 3. The van der Waals surface area contributed by atoms with Crippen LogP contribution < -0.4 is 21.3 Å². The van der Waals surface area contributed by atoms with Crippen LogP contribution in [0.5, 0.6) is 0 Å². The monoisotopic (exact) mass is 790 g/mol. The Balaban J connectivity index is 1.22. The molecule has 0 saturated carbocycles. The molecule has 4 heteroatoms. The summed E-state index contributed by atoms with van der Waals surface area (Å²) in [7, 11) is 0. The van der Waals surface area contributed by atoms with Crippen molar-refractivity contribution in [3.63, 3.8) is 0 Å². The van der Waals surface area contributed by atoms with Gasteiger partial charge in [0.05, 0.1) is 11.0 Å². The highest BCUT2D eigenvalue weighted by atomic mass is 32.2. The van der Waals surface area contributed by atoms with Gasteiger partial charge in [-0.3, -0.25) is 0 Å². The summed E-state index contributed by atoms with van der Waals surface area (Å²) in [6, 6.07) is 66.2. The third kappa shape index (κ3) is 6.03. The molecular weight excluding hydrogens is 744 g/mol. The zero-order valence-corrected chi connectivity index (χ0v) is 35.6. The summed E-state index contributed by atoms with van der Waals surface area (Å²) >= 11 is 1.95. The lowest BCUT2D eigenvalue weighted by Crippen LogP contribution is -2.60. The second kappa shape index (κ2) is 14.5. The molecule has 2 aliphatic heterocycles. The molecule has 1 aromatic heterocycles. The van der Waals surface area contributed by atoms with E-state index in [9.17, 15) is 0 Å². The molecule has 2 aliphatic rings. The third-order valence-electron chi connectivity index (χ3n) is 12.8. The number of hydrogen-bond acceptors (Lipinski definition) is 2. The van der Waals surface area contributed by atoms with E-state index in [-0.39, 0.29) is 12.1 Å². The highest BCUT2D eigenvalue weighted by molar-refractivity contribution is 8.00. The van der Waals surface area contributed by atoms with Crippen molar-refractivity contribution < 1.29 is 0 Å². The number of fused-ring (bicyclic) bond motifs is 7. The smallest absolute Gasteiger partial charge is 0.249 e. The summed E-state index contributed by atoms with van der Waals surface area (Å²) in [6.45, 7) is 9.45. The zero-order chi connectivity index (χ0) is 40.5. The first-order valence-electron chi connectivity index (χ1n) is 21.5. The van der Waals surface area contributed by atoms with Crippen molar-refractivity contribution in [2.75, 3.05) is 4.90 Å². The van der Waals surface area contributed by atoms with E-state index in [4.69, 9.17) is 0 Å². The van der Waals surface area contributed by atoms with E-state index < -0.39 is 0 Å². The van der Waals surface area contributed by atoms with Crippen LogP contribution in [0, 0.1) is 0 Å². The standard InChI is InChI=1S/C56H47BN2S/c1-5-6-17-41-32-39(37-18-9-7-10-19-37)26-30-48(41)59-51-36-43(58-49-24-15-13-22-44(49)45-23-14-16-25-50(45)58)28-29-46(51)57-47-33-40(38-20-11-8-12-21-38)27-31-53(47)60-54-35-42(56(2,3)4)34-52(59)55(54)57/h7-16,18-36H,5-6,17H2,1-4H3. The second-order valence-electron chi connectivity index (χ2n) is 17.6. The van der Waals surface area contributed by atoms with E-state index in [1.165, 1.54) is 104 Å². The molecule has 60 heavy (non-hydrogen) atoms. The van der Waals surface area contributed by atoms with Crippen molar-refractivity contribution in [3.05, 3.63) is 187 Å². The Kier molecular flexibility index (Phi) is 8.90. The van der Waals surface area contributed by atoms with Gasteiger partial charge in [-0.1, -0.05) is 173 Å².